The Hall–Kier alpha value is -0.230. The Morgan fingerprint density at radius 3 is 2.81 bits per heavy atom. The Bertz CT molecular complexity index is 478. The normalized spacial score (nSPS) is 23.4. The Kier molecular flexibility index (Phi) is 3.22. The molecule has 0 fully saturated rings. The van der Waals surface area contributed by atoms with Gasteiger partial charge in [0.15, 0.2) is 5.17 Å². The molecule has 0 saturated carbocycles. The summed E-state index contributed by atoms with van der Waals surface area (Å²) >= 11 is 18.4. The number of aliphatic imine (C=N–C) groups is 1. The largest absolute Gasteiger partial charge is 0.316 e. The van der Waals surface area contributed by atoms with E-state index in [4.69, 9.17) is 34.8 Å². The second-order valence-electron chi connectivity index (χ2n) is 2.95. The van der Waals surface area contributed by atoms with Crippen molar-refractivity contribution in [3.05, 3.63) is 21.9 Å². The van der Waals surface area contributed by atoms with Crippen LogP contribution in [0.5, 0.6) is 0 Å². The van der Waals surface area contributed by atoms with Crippen molar-refractivity contribution in [3.8, 4) is 0 Å². The molecule has 0 radical (unpaired) electrons. The van der Waals surface area contributed by atoms with Crippen LogP contribution in [0.1, 0.15) is 5.56 Å². The van der Waals surface area contributed by atoms with Gasteiger partial charge in [-0.1, -0.05) is 46.6 Å². The van der Waals surface area contributed by atoms with E-state index in [-0.39, 0.29) is 21.6 Å². The molecule has 16 heavy (non-hydrogen) atoms. The molecule has 1 aromatic heterocycles. The first-order valence-electron chi connectivity index (χ1n) is 4.09. The molecule has 1 N–H and O–H groups in total. The molecule has 1 aliphatic heterocycles. The molecule has 0 aliphatic carbocycles. The van der Waals surface area contributed by atoms with E-state index in [1.54, 1.807) is 6.26 Å². The summed E-state index contributed by atoms with van der Waals surface area (Å²) in [5.74, 6) is 0. The predicted octanol–water partition coefficient (Wildman–Crippen LogP) is 3.66. The summed E-state index contributed by atoms with van der Waals surface area (Å²) < 4.78 is 14.1. The van der Waals surface area contributed by atoms with Crippen LogP contribution in [0.2, 0.25) is 10.3 Å². The van der Waals surface area contributed by atoms with E-state index < -0.39 is 5.25 Å². The van der Waals surface area contributed by atoms with Crippen molar-refractivity contribution in [2.45, 2.75) is 5.25 Å². The minimum Gasteiger partial charge on any atom is -0.316 e. The van der Waals surface area contributed by atoms with Crippen molar-refractivity contribution in [2.75, 3.05) is 6.26 Å². The lowest BCUT2D eigenvalue weighted by Crippen LogP contribution is -2.39. The van der Waals surface area contributed by atoms with Crippen LogP contribution in [-0.2, 0) is 5.25 Å². The summed E-state index contributed by atoms with van der Waals surface area (Å²) in [6.45, 7) is 0. The molecule has 0 amide bonds. The van der Waals surface area contributed by atoms with Gasteiger partial charge in [-0.25, -0.2) is 9.98 Å². The third-order valence-electron chi connectivity index (χ3n) is 1.92. The molecule has 2 rings (SSSR count). The van der Waals surface area contributed by atoms with E-state index in [0.29, 0.717) is 5.17 Å². The molecule has 1 atom stereocenters. The molecule has 1 unspecified atom stereocenters. The number of nitrogens with zero attached hydrogens (tertiary/aromatic N) is 2. The molecule has 2 heterocycles. The minimum absolute atomic E-state index is 0.0157. The SMILES string of the molecule is CSC1=Nc2cc(Cl)nc(Cl)c2C(F)(Cl)N1. The number of fused-ring (bicyclic) bond motifs is 1. The molecule has 1 aliphatic rings. The average molecular weight is 301 g/mol. The lowest BCUT2D eigenvalue weighted by molar-refractivity contribution is 0.260. The summed E-state index contributed by atoms with van der Waals surface area (Å²) in [7, 11) is 0. The second kappa shape index (κ2) is 4.22. The Morgan fingerprint density at radius 1 is 1.50 bits per heavy atom. The number of alkyl halides is 2. The molecule has 8 heteroatoms. The van der Waals surface area contributed by atoms with Crippen LogP contribution in [-0.4, -0.2) is 16.4 Å². The van der Waals surface area contributed by atoms with Crippen LogP contribution in [0.25, 0.3) is 0 Å². The quantitative estimate of drug-likeness (QED) is 0.451. The lowest BCUT2D eigenvalue weighted by atomic mass is 10.2. The molecule has 0 spiro atoms. The topological polar surface area (TPSA) is 37.3 Å². The van der Waals surface area contributed by atoms with E-state index >= 15 is 0 Å². The Labute approximate surface area is 110 Å². The molecule has 0 saturated heterocycles. The monoisotopic (exact) mass is 299 g/mol. The molecule has 86 valence electrons. The molecular weight excluding hydrogens is 296 g/mol. The van der Waals surface area contributed by atoms with Crippen LogP contribution >= 0.6 is 46.6 Å². The number of thioether (sulfide) groups is 1. The highest BCUT2D eigenvalue weighted by Crippen LogP contribution is 2.43. The highest BCUT2D eigenvalue weighted by atomic mass is 35.5. The lowest BCUT2D eigenvalue weighted by Gasteiger charge is -2.27. The first kappa shape index (κ1) is 12.2. The standard InChI is InChI=1S/C8H5Cl3FN3S/c1-16-7-13-3-2-4(9)14-6(10)5(3)8(11,12)15-7/h2H,1H3,(H,13,15). The fourth-order valence-electron chi connectivity index (χ4n) is 1.28. The highest BCUT2D eigenvalue weighted by Gasteiger charge is 2.39. The molecule has 0 aromatic carbocycles. The maximum atomic E-state index is 14.1. The second-order valence-corrected chi connectivity index (χ2v) is 5.01. The van der Waals surface area contributed by atoms with Crippen molar-refractivity contribution >= 4 is 57.4 Å². The van der Waals surface area contributed by atoms with Crippen LogP contribution in [0.3, 0.4) is 0 Å². The zero-order valence-electron chi connectivity index (χ0n) is 7.89. The summed E-state index contributed by atoms with van der Waals surface area (Å²) in [4.78, 5) is 7.84. The number of aromatic nitrogens is 1. The zero-order chi connectivity index (χ0) is 11.9. The van der Waals surface area contributed by atoms with Gasteiger partial charge in [-0.3, -0.25) is 0 Å². The van der Waals surface area contributed by atoms with Crippen LogP contribution in [0, 0.1) is 0 Å². The van der Waals surface area contributed by atoms with E-state index in [0.717, 1.165) is 0 Å². The zero-order valence-corrected chi connectivity index (χ0v) is 11.0. The summed E-state index contributed by atoms with van der Waals surface area (Å²) in [5, 5.41) is 0.478. The van der Waals surface area contributed by atoms with Crippen molar-refractivity contribution in [2.24, 2.45) is 4.99 Å². The van der Waals surface area contributed by atoms with Crippen LogP contribution in [0.4, 0.5) is 10.1 Å². The first-order chi connectivity index (χ1) is 7.44. The fourth-order valence-corrected chi connectivity index (χ4v) is 2.64. The van der Waals surface area contributed by atoms with Gasteiger partial charge in [0.05, 0.1) is 11.3 Å². The summed E-state index contributed by atoms with van der Waals surface area (Å²) in [6.07, 6.45) is 1.74. The molecule has 3 nitrogen and oxygen atoms in total. The fraction of sp³-hybridized carbons (Fsp3) is 0.250. The molecule has 1 aromatic rings. The Morgan fingerprint density at radius 2 is 2.19 bits per heavy atom. The van der Waals surface area contributed by atoms with Gasteiger partial charge in [0.1, 0.15) is 10.3 Å². The van der Waals surface area contributed by atoms with E-state index in [1.807, 2.05) is 0 Å². The van der Waals surface area contributed by atoms with Crippen LogP contribution in [0.15, 0.2) is 11.1 Å². The van der Waals surface area contributed by atoms with Crippen LogP contribution < -0.4 is 5.32 Å². The number of amidine groups is 1. The van der Waals surface area contributed by atoms with Gasteiger partial charge < -0.3 is 5.32 Å². The number of nitrogens with one attached hydrogen (secondary N) is 1. The maximum absolute atomic E-state index is 14.1. The minimum atomic E-state index is -2.32. The van der Waals surface area contributed by atoms with E-state index in [1.165, 1.54) is 17.8 Å². The highest BCUT2D eigenvalue weighted by molar-refractivity contribution is 8.13. The van der Waals surface area contributed by atoms with Gasteiger partial charge in [-0.2, -0.15) is 4.39 Å². The van der Waals surface area contributed by atoms with Gasteiger partial charge >= 0.3 is 0 Å². The summed E-state index contributed by atoms with van der Waals surface area (Å²) in [5.41, 5.74) is 0.267. The van der Waals surface area contributed by atoms with Crippen molar-refractivity contribution in [3.63, 3.8) is 0 Å². The number of rotatable bonds is 0. The van der Waals surface area contributed by atoms with Gasteiger partial charge in [-0.05, 0) is 6.26 Å². The van der Waals surface area contributed by atoms with E-state index in [2.05, 4.69) is 15.3 Å². The van der Waals surface area contributed by atoms with Crippen molar-refractivity contribution < 1.29 is 4.39 Å². The van der Waals surface area contributed by atoms with Gasteiger partial charge in [0.2, 0.25) is 0 Å². The number of pyridine rings is 1. The third kappa shape index (κ3) is 2.09. The smallest absolute Gasteiger partial charge is 0.289 e. The van der Waals surface area contributed by atoms with Gasteiger partial charge in [0, 0.05) is 6.07 Å². The Balaban J connectivity index is 2.67. The predicted molar refractivity (Wildman–Crippen MR) is 66.6 cm³/mol. The molecular formula is C8H5Cl3FN3S. The van der Waals surface area contributed by atoms with Crippen molar-refractivity contribution in [1.82, 2.24) is 10.3 Å². The van der Waals surface area contributed by atoms with Gasteiger partial charge in [0.25, 0.3) is 5.25 Å². The average Bonchev–Trinajstić information content (AvgIpc) is 2.13. The third-order valence-corrected chi connectivity index (χ3v) is 3.25. The number of hydrogen-bond acceptors (Lipinski definition) is 4. The number of hydrogen-bond donors (Lipinski definition) is 1. The maximum Gasteiger partial charge on any atom is 0.289 e. The molecule has 0 bridgehead atoms. The summed E-state index contributed by atoms with van der Waals surface area (Å²) in [6, 6.07) is 1.41. The van der Waals surface area contributed by atoms with Gasteiger partial charge in [-0.15, -0.1) is 0 Å². The van der Waals surface area contributed by atoms with Crippen molar-refractivity contribution in [1.29, 1.82) is 0 Å². The van der Waals surface area contributed by atoms with E-state index in [9.17, 15) is 4.39 Å². The number of halogens is 4. The first-order valence-corrected chi connectivity index (χ1v) is 6.45.